The second kappa shape index (κ2) is 15.0. The van der Waals surface area contributed by atoms with Crippen LogP contribution in [-0.4, -0.2) is 54.0 Å². The Kier molecular flexibility index (Phi) is 10.3. The van der Waals surface area contributed by atoms with Gasteiger partial charge in [-0.3, -0.25) is 4.79 Å². The first-order chi connectivity index (χ1) is 25.5. The summed E-state index contributed by atoms with van der Waals surface area (Å²) >= 11 is 3.59. The molecule has 0 spiro atoms. The number of rotatable bonds is 12. The first-order valence-corrected chi connectivity index (χ1v) is 21.6. The van der Waals surface area contributed by atoms with E-state index in [1.165, 1.54) is 46.9 Å². The van der Waals surface area contributed by atoms with Gasteiger partial charge in [0.05, 0.1) is 27.0 Å². The van der Waals surface area contributed by atoms with E-state index in [4.69, 9.17) is 4.43 Å². The van der Waals surface area contributed by atoms with Gasteiger partial charge < -0.3 is 18.8 Å². The van der Waals surface area contributed by atoms with Gasteiger partial charge in [0.25, 0.3) is 8.32 Å². The van der Waals surface area contributed by atoms with Crippen LogP contribution in [0.25, 0.3) is 42.5 Å². The Hall–Kier alpha value is -4.73. The third-order valence-electron chi connectivity index (χ3n) is 10.1. The average molecular weight is 754 g/mol. The maximum absolute atomic E-state index is 12.4. The maximum atomic E-state index is 12.4. The van der Waals surface area contributed by atoms with E-state index in [0.717, 1.165) is 22.4 Å². The van der Waals surface area contributed by atoms with E-state index >= 15 is 0 Å². The standard InChI is InChI=1S/C45H47N3O2S2Si/c1-45(2,3)53(38-14-10-8-11-15-38,39-16-12-9-13-17-39)50-27-26-48-40-29-37(28-34(31-49)32-18-22-35(23-19-32)46(4)5)51-43(40)44-41(48)30-42(52-44)33-20-24-36(25-21-33)47(6)7/h8-25,28-31H,26-27H2,1-7H3/b34-28-. The molecular formula is C45H47N3O2S2Si. The smallest absolute Gasteiger partial charge is 0.261 e. The van der Waals surface area contributed by atoms with Gasteiger partial charge in [-0.05, 0) is 69.0 Å². The summed E-state index contributed by atoms with van der Waals surface area (Å²) in [5.41, 5.74) is 7.47. The number of fused-ring (bicyclic) bond motifs is 3. The molecule has 5 nitrogen and oxygen atoms in total. The maximum Gasteiger partial charge on any atom is 0.261 e. The number of carbonyl (C=O) groups is 1. The molecule has 3 aromatic heterocycles. The summed E-state index contributed by atoms with van der Waals surface area (Å²) in [6.45, 7) is 8.25. The molecule has 0 bridgehead atoms. The number of benzene rings is 4. The fourth-order valence-electron chi connectivity index (χ4n) is 7.36. The Morgan fingerprint density at radius 3 is 1.77 bits per heavy atom. The Morgan fingerprint density at radius 1 is 0.717 bits per heavy atom. The molecule has 53 heavy (non-hydrogen) atoms. The van der Waals surface area contributed by atoms with Crippen molar-refractivity contribution in [2.45, 2.75) is 32.4 Å². The van der Waals surface area contributed by atoms with Crippen LogP contribution in [0.5, 0.6) is 0 Å². The monoisotopic (exact) mass is 753 g/mol. The van der Waals surface area contributed by atoms with Gasteiger partial charge >= 0.3 is 0 Å². The summed E-state index contributed by atoms with van der Waals surface area (Å²) in [6, 6.07) is 43.3. The third kappa shape index (κ3) is 7.04. The zero-order chi connectivity index (χ0) is 37.3. The van der Waals surface area contributed by atoms with Crippen LogP contribution in [0.15, 0.2) is 121 Å². The zero-order valence-corrected chi connectivity index (χ0v) is 34.2. The van der Waals surface area contributed by atoms with Crippen molar-refractivity contribution in [3.05, 3.63) is 132 Å². The van der Waals surface area contributed by atoms with Crippen LogP contribution in [-0.2, 0) is 15.8 Å². The topological polar surface area (TPSA) is 37.7 Å². The molecule has 0 saturated carbocycles. The first kappa shape index (κ1) is 36.6. The molecule has 0 aliphatic heterocycles. The molecule has 4 aromatic carbocycles. The molecule has 3 heterocycles. The Labute approximate surface area is 322 Å². The van der Waals surface area contributed by atoms with E-state index in [-0.39, 0.29) is 5.04 Å². The number of thiophene rings is 2. The van der Waals surface area contributed by atoms with Crippen LogP contribution in [0.4, 0.5) is 11.4 Å². The highest BCUT2D eigenvalue weighted by Crippen LogP contribution is 2.44. The highest BCUT2D eigenvalue weighted by Gasteiger charge is 2.50. The lowest BCUT2D eigenvalue weighted by atomic mass is 10.1. The molecule has 0 N–H and O–H groups in total. The minimum Gasteiger partial charge on any atom is -0.406 e. The zero-order valence-electron chi connectivity index (χ0n) is 31.6. The molecule has 8 heteroatoms. The van der Waals surface area contributed by atoms with Gasteiger partial charge in [-0.15, -0.1) is 22.7 Å². The number of hydrogen-bond acceptors (Lipinski definition) is 6. The summed E-state index contributed by atoms with van der Waals surface area (Å²) in [7, 11) is 5.47. The Morgan fingerprint density at radius 2 is 1.25 bits per heavy atom. The third-order valence-corrected chi connectivity index (χ3v) is 17.5. The van der Waals surface area contributed by atoms with E-state index in [0.29, 0.717) is 18.7 Å². The second-order valence-electron chi connectivity index (χ2n) is 15.0. The largest absolute Gasteiger partial charge is 0.406 e. The molecule has 0 radical (unpaired) electrons. The van der Waals surface area contributed by atoms with Gasteiger partial charge in [-0.2, -0.15) is 0 Å². The first-order valence-electron chi connectivity index (χ1n) is 18.0. The molecule has 7 aromatic rings. The molecule has 0 saturated heterocycles. The highest BCUT2D eigenvalue weighted by atomic mass is 32.1. The van der Waals surface area contributed by atoms with Gasteiger partial charge in [0.15, 0.2) is 6.29 Å². The van der Waals surface area contributed by atoms with Crippen LogP contribution in [0, 0.1) is 0 Å². The van der Waals surface area contributed by atoms with Gasteiger partial charge in [0.1, 0.15) is 0 Å². The Balaban J connectivity index is 1.31. The lowest BCUT2D eigenvalue weighted by Crippen LogP contribution is -2.66. The van der Waals surface area contributed by atoms with Crippen LogP contribution in [0.2, 0.25) is 5.04 Å². The van der Waals surface area contributed by atoms with Crippen LogP contribution in [0.3, 0.4) is 0 Å². The van der Waals surface area contributed by atoms with Crippen molar-refractivity contribution in [3.63, 3.8) is 0 Å². The van der Waals surface area contributed by atoms with Crippen LogP contribution >= 0.6 is 22.7 Å². The Bertz CT molecular complexity index is 2320. The fourth-order valence-corrected chi connectivity index (χ4v) is 14.3. The van der Waals surface area contributed by atoms with Crippen molar-refractivity contribution < 1.29 is 9.22 Å². The van der Waals surface area contributed by atoms with E-state index in [2.05, 4.69) is 158 Å². The SMILES string of the molecule is CN(C)c1ccc(/C(C=O)=C\c2cc3c(s2)c2sc(-c4ccc(N(C)C)cc4)cc2n3CCO[Si](c2ccccc2)(c2ccccc2)C(C)(C)C)cc1. The number of hydrogen-bond donors (Lipinski definition) is 0. The number of allylic oxidation sites excluding steroid dienone is 1. The molecular weight excluding hydrogens is 707 g/mol. The van der Waals surface area contributed by atoms with Crippen molar-refractivity contribution in [3.8, 4) is 10.4 Å². The lowest BCUT2D eigenvalue weighted by molar-refractivity contribution is -0.103. The summed E-state index contributed by atoms with van der Waals surface area (Å²) in [4.78, 5) is 18.9. The van der Waals surface area contributed by atoms with Gasteiger partial charge in [-0.25, -0.2) is 0 Å². The van der Waals surface area contributed by atoms with E-state index < -0.39 is 8.32 Å². The number of aromatic nitrogens is 1. The van der Waals surface area contributed by atoms with Gasteiger partial charge in [0, 0.05) is 61.4 Å². The number of carbonyl (C=O) groups excluding carboxylic acids is 1. The van der Waals surface area contributed by atoms with Crippen molar-refractivity contribution in [1.29, 1.82) is 0 Å². The van der Waals surface area contributed by atoms with E-state index in [1.807, 2.05) is 43.6 Å². The number of nitrogens with zero attached hydrogens (tertiary/aromatic N) is 3. The predicted octanol–water partition coefficient (Wildman–Crippen LogP) is 10.0. The average Bonchev–Trinajstić information content (AvgIpc) is 3.85. The summed E-state index contributed by atoms with van der Waals surface area (Å²) in [5.74, 6) is 0. The number of aldehydes is 1. The minimum atomic E-state index is -2.71. The molecule has 0 aliphatic carbocycles. The van der Waals surface area contributed by atoms with Gasteiger partial charge in [-0.1, -0.05) is 106 Å². The highest BCUT2D eigenvalue weighted by molar-refractivity contribution is 7.29. The van der Waals surface area contributed by atoms with Crippen molar-refractivity contribution >= 4 is 91.1 Å². The van der Waals surface area contributed by atoms with Gasteiger partial charge in [0.2, 0.25) is 0 Å². The molecule has 0 amide bonds. The molecule has 7 rings (SSSR count). The predicted molar refractivity (Wildman–Crippen MR) is 233 cm³/mol. The number of anilines is 2. The summed E-state index contributed by atoms with van der Waals surface area (Å²) in [6.07, 6.45) is 3.00. The van der Waals surface area contributed by atoms with Crippen molar-refractivity contribution in [1.82, 2.24) is 4.57 Å². The van der Waals surface area contributed by atoms with Crippen molar-refractivity contribution in [2.75, 3.05) is 44.6 Å². The molecule has 270 valence electrons. The quantitative estimate of drug-likeness (QED) is 0.0708. The fraction of sp³-hybridized carbons (Fsp3) is 0.222. The van der Waals surface area contributed by atoms with Crippen LogP contribution < -0.4 is 20.2 Å². The van der Waals surface area contributed by atoms with E-state index in [1.54, 1.807) is 11.3 Å². The normalized spacial score (nSPS) is 12.5. The lowest BCUT2D eigenvalue weighted by Gasteiger charge is -2.43. The van der Waals surface area contributed by atoms with Crippen LogP contribution in [0.1, 0.15) is 31.2 Å². The second-order valence-corrected chi connectivity index (χ2v) is 21.4. The molecule has 0 unspecified atom stereocenters. The molecule has 0 aliphatic rings. The molecule has 0 fully saturated rings. The summed E-state index contributed by atoms with van der Waals surface area (Å²) < 4.78 is 12.3. The minimum absolute atomic E-state index is 0.109. The van der Waals surface area contributed by atoms with Crippen molar-refractivity contribution in [2.24, 2.45) is 0 Å². The van der Waals surface area contributed by atoms with E-state index in [9.17, 15) is 4.79 Å². The summed E-state index contributed by atoms with van der Waals surface area (Å²) in [5, 5.41) is 2.45. The molecule has 0 atom stereocenters.